The Morgan fingerprint density at radius 2 is 1.59 bits per heavy atom. The molecule has 0 atom stereocenters. The number of carbonyl (C=O) groups excluding carboxylic acids is 1. The van der Waals surface area contributed by atoms with Crippen molar-refractivity contribution in [1.29, 1.82) is 0 Å². The van der Waals surface area contributed by atoms with Gasteiger partial charge in [0.15, 0.2) is 0 Å². The van der Waals surface area contributed by atoms with Crippen molar-refractivity contribution in [3.05, 3.63) is 98.0 Å². The molecule has 32 heavy (non-hydrogen) atoms. The van der Waals surface area contributed by atoms with Crippen molar-refractivity contribution in [1.82, 2.24) is 15.2 Å². The van der Waals surface area contributed by atoms with E-state index in [1.165, 1.54) is 0 Å². The van der Waals surface area contributed by atoms with Crippen LogP contribution in [0.15, 0.2) is 72.9 Å². The number of hydrogen-bond donors (Lipinski definition) is 2. The average molecular weight is 653 g/mol. The monoisotopic (exact) mass is 652 g/mol. The summed E-state index contributed by atoms with van der Waals surface area (Å²) in [4.78, 5) is 18.8. The second-order valence-corrected chi connectivity index (χ2v) is 7.32. The molecule has 6 heteroatoms. The van der Waals surface area contributed by atoms with Crippen LogP contribution in [0.25, 0.3) is 11.1 Å². The number of benzene rings is 2. The first-order chi connectivity index (χ1) is 15.2. The molecule has 0 saturated carbocycles. The molecule has 1 aromatic heterocycles. The Bertz CT molecular complexity index is 926. The normalized spacial score (nSPS) is 10.5. The third-order valence-electron chi connectivity index (χ3n) is 5.11. The molecule has 0 fully saturated rings. The summed E-state index contributed by atoms with van der Waals surface area (Å²) >= 11 is 0. The molecule has 0 aliphatic carbocycles. The summed E-state index contributed by atoms with van der Waals surface area (Å²) in [7, 11) is 0. The summed E-state index contributed by atoms with van der Waals surface area (Å²) < 4.78 is 0. The molecular formula is C26H30N4OU. The molecule has 0 saturated heterocycles. The molecular weight excluding hydrogens is 622 g/mol. The Morgan fingerprint density at radius 3 is 2.22 bits per heavy atom. The van der Waals surface area contributed by atoms with E-state index in [-0.39, 0.29) is 43.4 Å². The van der Waals surface area contributed by atoms with E-state index in [1.54, 1.807) is 0 Å². The number of anilines is 1. The predicted molar refractivity (Wildman–Crippen MR) is 127 cm³/mol. The first-order valence-corrected chi connectivity index (χ1v) is 10.6. The van der Waals surface area contributed by atoms with Crippen LogP contribution in [0, 0.1) is 45.0 Å². The zero-order valence-corrected chi connectivity index (χ0v) is 22.6. The molecule has 0 aliphatic heterocycles. The van der Waals surface area contributed by atoms with Gasteiger partial charge in [0.1, 0.15) is 0 Å². The van der Waals surface area contributed by atoms with Crippen LogP contribution in [0.4, 0.5) is 5.69 Å². The minimum absolute atomic E-state index is 0. The molecule has 164 valence electrons. The van der Waals surface area contributed by atoms with Gasteiger partial charge in [0.05, 0.1) is 6.42 Å². The van der Waals surface area contributed by atoms with E-state index >= 15 is 0 Å². The van der Waals surface area contributed by atoms with E-state index in [9.17, 15) is 4.79 Å². The number of carbonyl (C=O) groups is 1. The molecule has 1 amide bonds. The maximum Gasteiger partial charge on any atom is 2.00 e. The van der Waals surface area contributed by atoms with Gasteiger partial charge in [-0.1, -0.05) is 48.5 Å². The first kappa shape index (κ1) is 26.1. The predicted octanol–water partition coefficient (Wildman–Crippen LogP) is 3.99. The minimum atomic E-state index is -0.0317. The molecule has 2 aromatic carbocycles. The van der Waals surface area contributed by atoms with Crippen molar-refractivity contribution in [2.75, 3.05) is 31.5 Å². The van der Waals surface area contributed by atoms with Crippen molar-refractivity contribution >= 4 is 11.6 Å². The Balaban J connectivity index is 0.00000363. The zero-order chi connectivity index (χ0) is 21.9. The maximum absolute atomic E-state index is 12.2. The number of aromatic nitrogens is 1. The molecule has 2 N–H and O–H groups in total. The van der Waals surface area contributed by atoms with Crippen LogP contribution >= 0.6 is 0 Å². The third kappa shape index (κ3) is 8.43. The third-order valence-corrected chi connectivity index (χ3v) is 5.11. The van der Waals surface area contributed by atoms with Crippen molar-refractivity contribution in [2.24, 2.45) is 0 Å². The minimum Gasteiger partial charge on any atom is -0.384 e. The number of hydrogen-bond acceptors (Lipinski definition) is 4. The van der Waals surface area contributed by atoms with E-state index < -0.39 is 0 Å². The van der Waals surface area contributed by atoms with E-state index in [0.717, 1.165) is 54.3 Å². The summed E-state index contributed by atoms with van der Waals surface area (Å²) in [5.41, 5.74) is 5.04. The smallest absolute Gasteiger partial charge is 0.384 e. The van der Waals surface area contributed by atoms with Crippen LogP contribution < -0.4 is 10.6 Å². The molecule has 0 unspecified atom stereocenters. The van der Waals surface area contributed by atoms with Gasteiger partial charge in [-0.3, -0.25) is 9.78 Å². The van der Waals surface area contributed by atoms with Crippen LogP contribution in [0.5, 0.6) is 0 Å². The SMILES string of the molecule is [CH2-]CN(C[CH2-])CCNc1ccc(-c2ccc(CC(=O)NCc3ccccc3)nc2)cc1.[U+2]. The van der Waals surface area contributed by atoms with E-state index in [0.29, 0.717) is 6.54 Å². The summed E-state index contributed by atoms with van der Waals surface area (Å²) in [5.74, 6) is -0.0317. The van der Waals surface area contributed by atoms with Gasteiger partial charge >= 0.3 is 31.1 Å². The van der Waals surface area contributed by atoms with Gasteiger partial charge in [-0.2, -0.15) is 0 Å². The van der Waals surface area contributed by atoms with Gasteiger partial charge < -0.3 is 29.4 Å². The fraction of sp³-hybridized carbons (Fsp3) is 0.231. The van der Waals surface area contributed by atoms with Gasteiger partial charge in [0.25, 0.3) is 0 Å². The van der Waals surface area contributed by atoms with Gasteiger partial charge in [-0.25, -0.2) is 0 Å². The van der Waals surface area contributed by atoms with Gasteiger partial charge in [0, 0.05) is 42.8 Å². The molecule has 0 bridgehead atoms. The van der Waals surface area contributed by atoms with E-state index in [2.05, 4.69) is 58.6 Å². The van der Waals surface area contributed by atoms with Gasteiger partial charge in [-0.15, -0.1) is 13.1 Å². The van der Waals surface area contributed by atoms with E-state index in [1.807, 2.05) is 48.7 Å². The number of nitrogens with zero attached hydrogens (tertiary/aromatic N) is 2. The molecule has 0 aliphatic rings. The summed E-state index contributed by atoms with van der Waals surface area (Å²) in [5, 5.41) is 6.35. The first-order valence-electron chi connectivity index (χ1n) is 10.6. The Kier molecular flexibility index (Phi) is 11.5. The van der Waals surface area contributed by atoms with Crippen LogP contribution in [0.1, 0.15) is 11.3 Å². The summed E-state index contributed by atoms with van der Waals surface area (Å²) in [6.45, 7) is 11.6. The van der Waals surface area contributed by atoms with E-state index in [4.69, 9.17) is 0 Å². The maximum atomic E-state index is 12.2. The molecule has 0 radical (unpaired) electrons. The van der Waals surface area contributed by atoms with Crippen LogP contribution in [-0.2, 0) is 17.8 Å². The standard InChI is InChI=1S/C26H30N4O.U/c1-3-30(4-2)17-16-27-24-13-10-22(11-14-24)23-12-15-25(28-20-23)18-26(31)29-19-21-8-6-5-7-9-21;/h5-15,20,27H,1-4,16-19H2,(H,29,31);/q-2;+2. The van der Waals surface area contributed by atoms with Crippen molar-refractivity contribution < 1.29 is 35.9 Å². The molecule has 5 nitrogen and oxygen atoms in total. The largest absolute Gasteiger partial charge is 2.00 e. The Hall–Kier alpha value is -2.13. The molecule has 0 spiro atoms. The quantitative estimate of drug-likeness (QED) is 0.308. The summed E-state index contributed by atoms with van der Waals surface area (Å²) in [6, 6.07) is 22.1. The average Bonchev–Trinajstić information content (AvgIpc) is 2.82. The number of pyridine rings is 1. The molecule has 1 heterocycles. The number of rotatable bonds is 11. The van der Waals surface area contributed by atoms with Gasteiger partial charge in [0.2, 0.25) is 5.91 Å². The fourth-order valence-electron chi connectivity index (χ4n) is 3.20. The van der Waals surface area contributed by atoms with Crippen molar-refractivity contribution in [3.63, 3.8) is 0 Å². The van der Waals surface area contributed by atoms with Gasteiger partial charge in [-0.05, 0) is 29.3 Å². The Labute approximate surface area is 215 Å². The molecule has 3 aromatic rings. The van der Waals surface area contributed by atoms with Crippen LogP contribution in [0.2, 0.25) is 0 Å². The summed E-state index contributed by atoms with van der Waals surface area (Å²) in [6.07, 6.45) is 2.09. The zero-order valence-electron chi connectivity index (χ0n) is 18.4. The Morgan fingerprint density at radius 1 is 0.906 bits per heavy atom. The number of amides is 1. The fourth-order valence-corrected chi connectivity index (χ4v) is 3.20. The van der Waals surface area contributed by atoms with Crippen molar-refractivity contribution in [2.45, 2.75) is 13.0 Å². The molecule has 3 rings (SSSR count). The van der Waals surface area contributed by atoms with Crippen LogP contribution in [0.3, 0.4) is 0 Å². The van der Waals surface area contributed by atoms with Crippen molar-refractivity contribution in [3.8, 4) is 11.1 Å². The topological polar surface area (TPSA) is 57.3 Å². The second-order valence-electron chi connectivity index (χ2n) is 7.32. The number of nitrogens with one attached hydrogen (secondary N) is 2. The van der Waals surface area contributed by atoms with Crippen LogP contribution in [-0.4, -0.2) is 42.0 Å². The second kappa shape index (κ2) is 14.1.